The van der Waals surface area contributed by atoms with Crippen LogP contribution >= 0.6 is 39.4 Å². The van der Waals surface area contributed by atoms with Crippen LogP contribution in [0.5, 0.6) is 0 Å². The SMILES string of the molecule is Cc1c(F)ccc(NC(=O)[C@H]2CCN[C@H]2C)c1F.Cl.S.S. The molecule has 2 rings (SSSR count). The lowest BCUT2D eigenvalue weighted by atomic mass is 10.0. The molecule has 1 aliphatic rings. The van der Waals surface area contributed by atoms with E-state index >= 15 is 0 Å². The van der Waals surface area contributed by atoms with Crippen LogP contribution in [0.1, 0.15) is 18.9 Å². The van der Waals surface area contributed by atoms with Gasteiger partial charge in [0.2, 0.25) is 5.91 Å². The molecule has 1 aromatic rings. The number of benzene rings is 1. The van der Waals surface area contributed by atoms with E-state index in [0.29, 0.717) is 0 Å². The van der Waals surface area contributed by atoms with Gasteiger partial charge in [-0.15, -0.1) is 12.4 Å². The van der Waals surface area contributed by atoms with Crippen LogP contribution in [0.3, 0.4) is 0 Å². The first-order chi connectivity index (χ1) is 8.50. The predicted octanol–water partition coefficient (Wildman–Crippen LogP) is 2.86. The molecule has 1 fully saturated rings. The Morgan fingerprint density at radius 2 is 1.95 bits per heavy atom. The number of anilines is 1. The minimum Gasteiger partial charge on any atom is -0.323 e. The van der Waals surface area contributed by atoms with Crippen molar-refractivity contribution in [2.45, 2.75) is 26.3 Å². The molecule has 122 valence electrons. The van der Waals surface area contributed by atoms with Gasteiger partial charge in [-0.1, -0.05) is 0 Å². The van der Waals surface area contributed by atoms with Crippen LogP contribution in [0.2, 0.25) is 0 Å². The van der Waals surface area contributed by atoms with Gasteiger partial charge in [-0.2, -0.15) is 27.0 Å². The summed E-state index contributed by atoms with van der Waals surface area (Å²) in [6.45, 7) is 4.05. The standard InChI is InChI=1S/C13H16F2N2O.ClH.2H2S/c1-7-10(14)3-4-11(12(7)15)17-13(18)9-5-6-16-8(9)2;;;/h3-4,8-9,16H,5-6H2,1-2H3,(H,17,18);1H;2*1H2/t8-,9-;;;/m0.../s1. The predicted molar refractivity (Wildman–Crippen MR) is 93.3 cm³/mol. The molecule has 0 spiro atoms. The second-order valence-corrected chi connectivity index (χ2v) is 4.66. The van der Waals surface area contributed by atoms with Gasteiger partial charge in [-0.3, -0.25) is 4.79 Å². The minimum absolute atomic E-state index is 0. The maximum atomic E-state index is 13.7. The van der Waals surface area contributed by atoms with Crippen molar-refractivity contribution in [3.63, 3.8) is 0 Å². The molecule has 3 nitrogen and oxygen atoms in total. The van der Waals surface area contributed by atoms with Gasteiger partial charge in [0.1, 0.15) is 5.82 Å². The zero-order valence-corrected chi connectivity index (χ0v) is 14.6. The van der Waals surface area contributed by atoms with E-state index in [1.54, 1.807) is 0 Å². The Bertz CT molecular complexity index is 491. The number of nitrogens with one attached hydrogen (secondary N) is 2. The van der Waals surface area contributed by atoms with Gasteiger partial charge in [0.15, 0.2) is 5.82 Å². The largest absolute Gasteiger partial charge is 0.323 e. The van der Waals surface area contributed by atoms with E-state index in [1.165, 1.54) is 13.0 Å². The lowest BCUT2D eigenvalue weighted by Crippen LogP contribution is -2.32. The smallest absolute Gasteiger partial charge is 0.229 e. The average molecular weight is 359 g/mol. The highest BCUT2D eigenvalue weighted by atomic mass is 35.5. The molecule has 0 bridgehead atoms. The van der Waals surface area contributed by atoms with Crippen LogP contribution in [0, 0.1) is 24.5 Å². The van der Waals surface area contributed by atoms with Crippen molar-refractivity contribution in [3.05, 3.63) is 29.3 Å². The molecule has 0 saturated carbocycles. The molecule has 1 amide bonds. The van der Waals surface area contributed by atoms with Gasteiger partial charge in [0.05, 0.1) is 11.6 Å². The second-order valence-electron chi connectivity index (χ2n) is 4.66. The summed E-state index contributed by atoms with van der Waals surface area (Å²) in [5, 5.41) is 5.69. The topological polar surface area (TPSA) is 41.1 Å². The Labute approximate surface area is 143 Å². The van der Waals surface area contributed by atoms with Crippen molar-refractivity contribution in [3.8, 4) is 0 Å². The zero-order chi connectivity index (χ0) is 13.3. The fourth-order valence-electron chi connectivity index (χ4n) is 2.20. The highest BCUT2D eigenvalue weighted by Gasteiger charge is 2.29. The summed E-state index contributed by atoms with van der Waals surface area (Å²) >= 11 is 0. The fraction of sp³-hybridized carbons (Fsp3) is 0.462. The Morgan fingerprint density at radius 1 is 1.33 bits per heavy atom. The van der Waals surface area contributed by atoms with Crippen LogP contribution in [0.15, 0.2) is 12.1 Å². The first-order valence-corrected chi connectivity index (χ1v) is 5.99. The van der Waals surface area contributed by atoms with E-state index in [-0.39, 0.29) is 68.5 Å². The van der Waals surface area contributed by atoms with E-state index in [9.17, 15) is 13.6 Å². The molecule has 21 heavy (non-hydrogen) atoms. The molecule has 0 unspecified atom stereocenters. The highest BCUT2D eigenvalue weighted by molar-refractivity contribution is 7.59. The molecular weight excluding hydrogens is 338 g/mol. The van der Waals surface area contributed by atoms with Gasteiger partial charge in [0.25, 0.3) is 0 Å². The van der Waals surface area contributed by atoms with E-state index in [4.69, 9.17) is 0 Å². The highest BCUT2D eigenvalue weighted by Crippen LogP contribution is 2.23. The third kappa shape index (κ3) is 5.02. The van der Waals surface area contributed by atoms with E-state index in [0.717, 1.165) is 19.0 Å². The minimum atomic E-state index is -0.707. The number of hydrogen-bond donors (Lipinski definition) is 2. The Balaban J connectivity index is 0. The van der Waals surface area contributed by atoms with Crippen molar-refractivity contribution in [1.82, 2.24) is 5.32 Å². The van der Waals surface area contributed by atoms with Crippen LogP contribution in [-0.4, -0.2) is 18.5 Å². The van der Waals surface area contributed by atoms with E-state index < -0.39 is 11.6 Å². The van der Waals surface area contributed by atoms with Gasteiger partial charge < -0.3 is 10.6 Å². The molecule has 0 aliphatic carbocycles. The zero-order valence-electron chi connectivity index (χ0n) is 11.8. The Kier molecular flexibility index (Phi) is 10.3. The normalized spacial score (nSPS) is 19.8. The monoisotopic (exact) mass is 358 g/mol. The Morgan fingerprint density at radius 3 is 2.48 bits per heavy atom. The van der Waals surface area contributed by atoms with Crippen molar-refractivity contribution >= 4 is 51.0 Å². The molecule has 2 N–H and O–H groups in total. The average Bonchev–Trinajstić information content (AvgIpc) is 2.76. The van der Waals surface area contributed by atoms with Crippen LogP contribution in [0.4, 0.5) is 14.5 Å². The lowest BCUT2D eigenvalue weighted by Gasteiger charge is -2.15. The summed E-state index contributed by atoms with van der Waals surface area (Å²) < 4.78 is 26.8. The molecule has 2 atom stereocenters. The van der Waals surface area contributed by atoms with E-state index in [2.05, 4.69) is 10.6 Å². The van der Waals surface area contributed by atoms with Crippen LogP contribution < -0.4 is 10.6 Å². The molecular formula is C13H21ClF2N2OS2. The maximum absolute atomic E-state index is 13.7. The molecule has 1 aromatic carbocycles. The maximum Gasteiger partial charge on any atom is 0.229 e. The number of rotatable bonds is 2. The molecule has 1 heterocycles. The quantitative estimate of drug-likeness (QED) is 0.853. The number of carbonyl (C=O) groups is 1. The van der Waals surface area contributed by atoms with Gasteiger partial charge in [-0.25, -0.2) is 8.78 Å². The van der Waals surface area contributed by atoms with Crippen molar-refractivity contribution in [2.24, 2.45) is 5.92 Å². The molecule has 0 radical (unpaired) electrons. The summed E-state index contributed by atoms with van der Waals surface area (Å²) in [5.41, 5.74) is -0.0385. The molecule has 8 heteroatoms. The second kappa shape index (κ2) is 9.50. The molecule has 1 saturated heterocycles. The van der Waals surface area contributed by atoms with Crippen LogP contribution in [0.25, 0.3) is 0 Å². The molecule has 1 aliphatic heterocycles. The summed E-state index contributed by atoms with van der Waals surface area (Å²) in [6, 6.07) is 2.49. The van der Waals surface area contributed by atoms with Gasteiger partial charge in [-0.05, 0) is 38.9 Å². The number of carbonyl (C=O) groups excluding carboxylic acids is 1. The Hall–Kier alpha value is -0.500. The first-order valence-electron chi connectivity index (χ1n) is 5.99. The number of hydrogen-bond acceptors (Lipinski definition) is 2. The van der Waals surface area contributed by atoms with Gasteiger partial charge in [0, 0.05) is 11.6 Å². The van der Waals surface area contributed by atoms with Crippen molar-refractivity contribution in [1.29, 1.82) is 0 Å². The summed E-state index contributed by atoms with van der Waals surface area (Å²) in [7, 11) is 0. The number of halogens is 3. The third-order valence-corrected chi connectivity index (χ3v) is 3.44. The van der Waals surface area contributed by atoms with Crippen molar-refractivity contribution in [2.75, 3.05) is 11.9 Å². The lowest BCUT2D eigenvalue weighted by molar-refractivity contribution is -0.120. The summed E-state index contributed by atoms with van der Waals surface area (Å²) in [6.07, 6.45) is 0.731. The number of amides is 1. The third-order valence-electron chi connectivity index (χ3n) is 3.44. The fourth-order valence-corrected chi connectivity index (χ4v) is 2.20. The van der Waals surface area contributed by atoms with Crippen molar-refractivity contribution < 1.29 is 13.6 Å². The van der Waals surface area contributed by atoms with Crippen LogP contribution in [-0.2, 0) is 4.79 Å². The molecule has 0 aromatic heterocycles. The summed E-state index contributed by atoms with van der Waals surface area (Å²) in [5.74, 6) is -1.71. The van der Waals surface area contributed by atoms with E-state index in [1.807, 2.05) is 6.92 Å². The van der Waals surface area contributed by atoms with Gasteiger partial charge >= 0.3 is 0 Å². The first kappa shape index (κ1) is 22.8. The summed E-state index contributed by atoms with van der Waals surface area (Å²) in [4.78, 5) is 12.0.